The first-order valence-electron chi connectivity index (χ1n) is 8.99. The van der Waals surface area contributed by atoms with E-state index in [2.05, 4.69) is 5.32 Å². The minimum Gasteiger partial charge on any atom is -0.341 e. The van der Waals surface area contributed by atoms with Gasteiger partial charge in [0.2, 0.25) is 15.9 Å². The lowest BCUT2D eigenvalue weighted by Crippen LogP contribution is -2.56. The number of piperazine rings is 1. The molecular weight excluding hydrogens is 350 g/mol. The van der Waals surface area contributed by atoms with Gasteiger partial charge in [0.05, 0.1) is 5.25 Å². The molecule has 3 rings (SSSR count). The molecule has 0 aromatic rings. The number of piperidine rings is 1. The van der Waals surface area contributed by atoms with Crippen LogP contribution in [0.5, 0.6) is 0 Å². The number of rotatable bonds is 3. The zero-order valence-corrected chi connectivity index (χ0v) is 16.1. The van der Waals surface area contributed by atoms with E-state index in [9.17, 15) is 13.2 Å². The first kappa shape index (κ1) is 19.9. The summed E-state index contributed by atoms with van der Waals surface area (Å²) in [5.74, 6) is 0.326. The Labute approximate surface area is 151 Å². The van der Waals surface area contributed by atoms with E-state index in [0.717, 1.165) is 38.6 Å². The molecule has 0 spiro atoms. The molecule has 0 aromatic heterocycles. The third-order valence-electron chi connectivity index (χ3n) is 5.51. The second kappa shape index (κ2) is 8.34. The lowest BCUT2D eigenvalue weighted by atomic mass is 10.0. The van der Waals surface area contributed by atoms with Crippen molar-refractivity contribution in [3.63, 3.8) is 0 Å². The van der Waals surface area contributed by atoms with Crippen LogP contribution < -0.4 is 5.32 Å². The van der Waals surface area contributed by atoms with E-state index in [0.29, 0.717) is 32.6 Å². The second-order valence-corrected chi connectivity index (χ2v) is 9.50. The Kier molecular flexibility index (Phi) is 6.93. The molecule has 140 valence electrons. The van der Waals surface area contributed by atoms with Crippen molar-refractivity contribution < 1.29 is 13.2 Å². The number of carbonyl (C=O) groups excluding carboxylic acids is 1. The van der Waals surface area contributed by atoms with Crippen LogP contribution in [0.25, 0.3) is 0 Å². The van der Waals surface area contributed by atoms with Gasteiger partial charge in [0, 0.05) is 44.7 Å². The molecule has 3 fully saturated rings. The van der Waals surface area contributed by atoms with Crippen LogP contribution in [0.3, 0.4) is 0 Å². The molecule has 2 saturated heterocycles. The normalized spacial score (nSPS) is 30.1. The Morgan fingerprint density at radius 2 is 1.75 bits per heavy atom. The fourth-order valence-corrected chi connectivity index (χ4v) is 6.18. The standard InChI is InChI=1S/C16H29N3O3S.ClH/c1-13-11-19(10-8-17-13)23(21,22)15-7-4-9-18(12-15)16(20)14-5-2-3-6-14;/h13-15,17H,2-12H2,1H3;1H/t13-,15?;/m1./s1. The summed E-state index contributed by atoms with van der Waals surface area (Å²) in [5.41, 5.74) is 0. The molecule has 1 saturated carbocycles. The molecule has 2 heterocycles. The molecule has 2 atom stereocenters. The molecule has 1 amide bonds. The average Bonchev–Trinajstić information content (AvgIpc) is 3.09. The summed E-state index contributed by atoms with van der Waals surface area (Å²) in [5, 5.41) is 2.86. The third kappa shape index (κ3) is 4.23. The Balaban J connectivity index is 0.00000208. The van der Waals surface area contributed by atoms with Gasteiger partial charge in [-0.2, -0.15) is 4.31 Å². The van der Waals surface area contributed by atoms with E-state index in [1.165, 1.54) is 0 Å². The molecule has 0 bridgehead atoms. The number of amides is 1. The average molecular weight is 380 g/mol. The summed E-state index contributed by atoms with van der Waals surface area (Å²) in [6.45, 7) is 4.90. The van der Waals surface area contributed by atoms with Crippen molar-refractivity contribution in [2.24, 2.45) is 5.92 Å². The van der Waals surface area contributed by atoms with Gasteiger partial charge < -0.3 is 10.2 Å². The van der Waals surface area contributed by atoms with Crippen molar-refractivity contribution >= 4 is 28.3 Å². The fourth-order valence-electron chi connectivity index (χ4n) is 4.15. The summed E-state index contributed by atoms with van der Waals surface area (Å²) in [7, 11) is -3.31. The van der Waals surface area contributed by atoms with Gasteiger partial charge in [0.15, 0.2) is 0 Å². The van der Waals surface area contributed by atoms with Crippen LogP contribution in [-0.4, -0.2) is 67.5 Å². The van der Waals surface area contributed by atoms with Gasteiger partial charge in [-0.1, -0.05) is 12.8 Å². The fraction of sp³-hybridized carbons (Fsp3) is 0.938. The number of hydrogen-bond donors (Lipinski definition) is 1. The lowest BCUT2D eigenvalue weighted by molar-refractivity contribution is -0.136. The SMILES string of the molecule is C[C@@H]1CN(S(=O)(=O)C2CCCN(C(=O)C3CCCC3)C2)CCN1.Cl. The van der Waals surface area contributed by atoms with Crippen LogP contribution in [0, 0.1) is 5.92 Å². The first-order chi connectivity index (χ1) is 11.0. The predicted molar refractivity (Wildman–Crippen MR) is 96.8 cm³/mol. The molecule has 0 aromatic carbocycles. The molecule has 0 radical (unpaired) electrons. The minimum absolute atomic E-state index is 0. The molecule has 3 aliphatic rings. The molecule has 2 aliphatic heterocycles. The maximum atomic E-state index is 12.9. The van der Waals surface area contributed by atoms with Crippen LogP contribution >= 0.6 is 12.4 Å². The Bertz CT molecular complexity index is 537. The molecular formula is C16H30ClN3O3S. The van der Waals surface area contributed by atoms with E-state index < -0.39 is 15.3 Å². The molecule has 1 aliphatic carbocycles. The third-order valence-corrected chi connectivity index (χ3v) is 7.79. The summed E-state index contributed by atoms with van der Waals surface area (Å²) < 4.78 is 27.5. The van der Waals surface area contributed by atoms with Crippen molar-refractivity contribution in [1.82, 2.24) is 14.5 Å². The monoisotopic (exact) mass is 379 g/mol. The minimum atomic E-state index is -3.31. The van der Waals surface area contributed by atoms with Crippen molar-refractivity contribution in [2.75, 3.05) is 32.7 Å². The predicted octanol–water partition coefficient (Wildman–Crippen LogP) is 1.21. The topological polar surface area (TPSA) is 69.7 Å². The van der Waals surface area contributed by atoms with Gasteiger partial charge in [0.1, 0.15) is 0 Å². The Hall–Kier alpha value is -0.370. The smallest absolute Gasteiger partial charge is 0.225 e. The summed E-state index contributed by atoms with van der Waals surface area (Å²) in [4.78, 5) is 14.4. The van der Waals surface area contributed by atoms with Gasteiger partial charge in [0.25, 0.3) is 0 Å². The second-order valence-electron chi connectivity index (χ2n) is 7.29. The quantitative estimate of drug-likeness (QED) is 0.800. The highest BCUT2D eigenvalue weighted by atomic mass is 35.5. The van der Waals surface area contributed by atoms with Gasteiger partial charge in [-0.25, -0.2) is 8.42 Å². The van der Waals surface area contributed by atoms with Crippen LogP contribution in [0.4, 0.5) is 0 Å². The highest BCUT2D eigenvalue weighted by Crippen LogP contribution is 2.29. The molecule has 1 unspecified atom stereocenters. The van der Waals surface area contributed by atoms with Crippen LogP contribution in [0.2, 0.25) is 0 Å². The highest BCUT2D eigenvalue weighted by molar-refractivity contribution is 7.89. The van der Waals surface area contributed by atoms with E-state index in [1.54, 1.807) is 4.31 Å². The van der Waals surface area contributed by atoms with Crippen LogP contribution in [0.15, 0.2) is 0 Å². The molecule has 6 nitrogen and oxygen atoms in total. The zero-order valence-electron chi connectivity index (χ0n) is 14.4. The number of sulfonamides is 1. The van der Waals surface area contributed by atoms with Crippen molar-refractivity contribution in [3.8, 4) is 0 Å². The number of hydrogen-bond acceptors (Lipinski definition) is 4. The van der Waals surface area contributed by atoms with Gasteiger partial charge in [-0.15, -0.1) is 12.4 Å². The van der Waals surface area contributed by atoms with E-state index in [-0.39, 0.29) is 30.3 Å². The maximum Gasteiger partial charge on any atom is 0.225 e. The van der Waals surface area contributed by atoms with E-state index in [4.69, 9.17) is 0 Å². The largest absolute Gasteiger partial charge is 0.341 e. The zero-order chi connectivity index (χ0) is 16.4. The van der Waals surface area contributed by atoms with Gasteiger partial charge in [-0.3, -0.25) is 4.79 Å². The number of nitrogens with one attached hydrogen (secondary N) is 1. The maximum absolute atomic E-state index is 12.9. The number of likely N-dealkylation sites (tertiary alicyclic amines) is 1. The Morgan fingerprint density at radius 1 is 1.04 bits per heavy atom. The highest BCUT2D eigenvalue weighted by Gasteiger charge is 2.39. The van der Waals surface area contributed by atoms with Crippen molar-refractivity contribution in [1.29, 1.82) is 0 Å². The van der Waals surface area contributed by atoms with Crippen LogP contribution in [0.1, 0.15) is 45.4 Å². The lowest BCUT2D eigenvalue weighted by Gasteiger charge is -2.38. The summed E-state index contributed by atoms with van der Waals surface area (Å²) in [6.07, 6.45) is 5.68. The van der Waals surface area contributed by atoms with Gasteiger partial charge >= 0.3 is 0 Å². The number of nitrogens with zero attached hydrogens (tertiary/aromatic N) is 2. The van der Waals surface area contributed by atoms with Crippen LogP contribution in [-0.2, 0) is 14.8 Å². The summed E-state index contributed by atoms with van der Waals surface area (Å²) in [6, 6.07) is 0.193. The van der Waals surface area contributed by atoms with E-state index in [1.807, 2.05) is 11.8 Å². The first-order valence-corrected chi connectivity index (χ1v) is 10.5. The van der Waals surface area contributed by atoms with Crippen molar-refractivity contribution in [3.05, 3.63) is 0 Å². The number of halogens is 1. The van der Waals surface area contributed by atoms with Crippen molar-refractivity contribution in [2.45, 2.75) is 56.7 Å². The van der Waals surface area contributed by atoms with E-state index >= 15 is 0 Å². The Morgan fingerprint density at radius 3 is 2.42 bits per heavy atom. The number of carbonyl (C=O) groups is 1. The summed E-state index contributed by atoms with van der Waals surface area (Å²) >= 11 is 0. The van der Waals surface area contributed by atoms with Gasteiger partial charge in [-0.05, 0) is 32.6 Å². The molecule has 1 N–H and O–H groups in total. The molecule has 24 heavy (non-hydrogen) atoms. The molecule has 8 heteroatoms.